The van der Waals surface area contributed by atoms with Gasteiger partial charge in [-0.2, -0.15) is 0 Å². The fraction of sp³-hybridized carbons (Fsp3) is 0.786. The summed E-state index contributed by atoms with van der Waals surface area (Å²) in [5, 5.41) is 0. The molecule has 0 saturated heterocycles. The van der Waals surface area contributed by atoms with E-state index in [0.717, 1.165) is 18.4 Å². The van der Waals surface area contributed by atoms with Gasteiger partial charge in [-0.3, -0.25) is 4.79 Å². The summed E-state index contributed by atoms with van der Waals surface area (Å²) in [6, 6.07) is 0. The van der Waals surface area contributed by atoms with Crippen molar-refractivity contribution in [2.75, 3.05) is 0 Å². The zero-order valence-electron chi connectivity index (χ0n) is 10.5. The predicted octanol–water partition coefficient (Wildman–Crippen LogP) is 3.98. The Morgan fingerprint density at radius 3 is 2.67 bits per heavy atom. The molecule has 15 heavy (non-hydrogen) atoms. The van der Waals surface area contributed by atoms with Crippen molar-refractivity contribution in [2.24, 2.45) is 17.8 Å². The summed E-state index contributed by atoms with van der Waals surface area (Å²) < 4.78 is 0. The molecule has 0 aromatic rings. The SMILES string of the molecule is CCCC(=O)C1=CC(C(C)C)CCC1C. The van der Waals surface area contributed by atoms with Crippen molar-refractivity contribution >= 4 is 5.78 Å². The standard InChI is InChI=1S/C14H24O/c1-5-6-14(15)13-9-12(10(2)3)8-7-11(13)4/h9-12H,5-8H2,1-4H3. The minimum Gasteiger partial charge on any atom is -0.295 e. The molecular formula is C14H24O. The molecule has 1 heteroatoms. The quantitative estimate of drug-likeness (QED) is 0.683. The van der Waals surface area contributed by atoms with Crippen LogP contribution in [0.25, 0.3) is 0 Å². The van der Waals surface area contributed by atoms with E-state index in [2.05, 4.69) is 33.8 Å². The molecule has 0 aromatic heterocycles. The molecule has 1 nitrogen and oxygen atoms in total. The molecule has 0 N–H and O–H groups in total. The van der Waals surface area contributed by atoms with Crippen molar-refractivity contribution in [1.82, 2.24) is 0 Å². The third kappa shape index (κ3) is 3.19. The van der Waals surface area contributed by atoms with Gasteiger partial charge < -0.3 is 0 Å². The molecule has 0 spiro atoms. The van der Waals surface area contributed by atoms with Crippen molar-refractivity contribution in [3.05, 3.63) is 11.6 Å². The van der Waals surface area contributed by atoms with Gasteiger partial charge in [0.15, 0.2) is 5.78 Å². The molecule has 1 rings (SSSR count). The second kappa shape index (κ2) is 5.48. The maximum absolute atomic E-state index is 11.9. The van der Waals surface area contributed by atoms with Gasteiger partial charge in [-0.05, 0) is 42.6 Å². The highest BCUT2D eigenvalue weighted by molar-refractivity contribution is 5.95. The lowest BCUT2D eigenvalue weighted by Gasteiger charge is -2.28. The first-order valence-electron chi connectivity index (χ1n) is 6.31. The van der Waals surface area contributed by atoms with Crippen LogP contribution in [-0.4, -0.2) is 5.78 Å². The Balaban J connectivity index is 2.77. The average Bonchev–Trinajstić information content (AvgIpc) is 2.18. The van der Waals surface area contributed by atoms with Crippen molar-refractivity contribution < 1.29 is 4.79 Å². The lowest BCUT2D eigenvalue weighted by molar-refractivity contribution is -0.116. The molecule has 0 saturated carbocycles. The van der Waals surface area contributed by atoms with Gasteiger partial charge in [0.2, 0.25) is 0 Å². The van der Waals surface area contributed by atoms with E-state index < -0.39 is 0 Å². The molecule has 2 unspecified atom stereocenters. The number of carbonyl (C=O) groups is 1. The topological polar surface area (TPSA) is 17.1 Å². The normalized spacial score (nSPS) is 26.6. The van der Waals surface area contributed by atoms with E-state index in [1.807, 2.05) is 0 Å². The summed E-state index contributed by atoms with van der Waals surface area (Å²) in [5.41, 5.74) is 1.11. The molecule has 86 valence electrons. The van der Waals surface area contributed by atoms with Gasteiger partial charge in [0.05, 0.1) is 0 Å². The highest BCUT2D eigenvalue weighted by Crippen LogP contribution is 2.33. The van der Waals surface area contributed by atoms with Crippen LogP contribution >= 0.6 is 0 Å². The smallest absolute Gasteiger partial charge is 0.158 e. The minimum absolute atomic E-state index is 0.385. The van der Waals surface area contributed by atoms with Crippen molar-refractivity contribution in [2.45, 2.75) is 53.4 Å². The minimum atomic E-state index is 0.385. The first-order valence-corrected chi connectivity index (χ1v) is 6.31. The molecule has 0 heterocycles. The van der Waals surface area contributed by atoms with Crippen LogP contribution < -0.4 is 0 Å². The van der Waals surface area contributed by atoms with Gasteiger partial charge in [-0.15, -0.1) is 0 Å². The fourth-order valence-corrected chi connectivity index (χ4v) is 2.34. The molecule has 0 amide bonds. The summed E-state index contributed by atoms with van der Waals surface area (Å²) in [6.07, 6.45) is 6.39. The monoisotopic (exact) mass is 208 g/mol. The van der Waals surface area contributed by atoms with Crippen LogP contribution in [0.1, 0.15) is 53.4 Å². The Hall–Kier alpha value is -0.590. The molecule has 0 aliphatic heterocycles. The Morgan fingerprint density at radius 2 is 2.13 bits per heavy atom. The van der Waals surface area contributed by atoms with Gasteiger partial charge in [0.25, 0.3) is 0 Å². The maximum Gasteiger partial charge on any atom is 0.158 e. The Labute approximate surface area is 93.9 Å². The summed E-state index contributed by atoms with van der Waals surface area (Å²) in [5.74, 6) is 2.16. The predicted molar refractivity (Wildman–Crippen MR) is 64.7 cm³/mol. The van der Waals surface area contributed by atoms with Crippen LogP contribution in [0.15, 0.2) is 11.6 Å². The van der Waals surface area contributed by atoms with Crippen LogP contribution in [0.5, 0.6) is 0 Å². The third-order valence-corrected chi connectivity index (χ3v) is 3.51. The first-order chi connectivity index (χ1) is 7.06. The molecule has 1 aliphatic rings. The van der Waals surface area contributed by atoms with E-state index in [-0.39, 0.29) is 0 Å². The molecule has 0 radical (unpaired) electrons. The molecule has 0 fully saturated rings. The van der Waals surface area contributed by atoms with Crippen LogP contribution in [0.3, 0.4) is 0 Å². The second-order valence-electron chi connectivity index (χ2n) is 5.18. The highest BCUT2D eigenvalue weighted by atomic mass is 16.1. The molecule has 1 aliphatic carbocycles. The molecule has 0 bridgehead atoms. The van der Waals surface area contributed by atoms with Crippen LogP contribution in [0.4, 0.5) is 0 Å². The summed E-state index contributed by atoms with van der Waals surface area (Å²) in [6.45, 7) is 8.76. The molecule has 0 aromatic carbocycles. The Morgan fingerprint density at radius 1 is 1.47 bits per heavy atom. The average molecular weight is 208 g/mol. The van der Waals surface area contributed by atoms with E-state index in [4.69, 9.17) is 0 Å². The van der Waals surface area contributed by atoms with Gasteiger partial charge in [0.1, 0.15) is 0 Å². The number of Topliss-reactive ketones (excluding diaryl/α,β-unsaturated/α-hetero) is 1. The van der Waals surface area contributed by atoms with Gasteiger partial charge in [0, 0.05) is 6.42 Å². The Bertz CT molecular complexity index is 250. The van der Waals surface area contributed by atoms with Crippen molar-refractivity contribution in [1.29, 1.82) is 0 Å². The van der Waals surface area contributed by atoms with E-state index >= 15 is 0 Å². The van der Waals surface area contributed by atoms with E-state index in [1.165, 1.54) is 12.8 Å². The van der Waals surface area contributed by atoms with E-state index in [0.29, 0.717) is 23.5 Å². The third-order valence-electron chi connectivity index (χ3n) is 3.51. The number of allylic oxidation sites excluding steroid dienone is 2. The van der Waals surface area contributed by atoms with Gasteiger partial charge in [-0.25, -0.2) is 0 Å². The van der Waals surface area contributed by atoms with Crippen molar-refractivity contribution in [3.63, 3.8) is 0 Å². The van der Waals surface area contributed by atoms with Gasteiger partial charge in [-0.1, -0.05) is 33.8 Å². The van der Waals surface area contributed by atoms with Crippen LogP contribution in [0, 0.1) is 17.8 Å². The summed E-state index contributed by atoms with van der Waals surface area (Å²) >= 11 is 0. The summed E-state index contributed by atoms with van der Waals surface area (Å²) in [7, 11) is 0. The number of hydrogen-bond acceptors (Lipinski definition) is 1. The number of ketones is 1. The molecule has 2 atom stereocenters. The first kappa shape index (κ1) is 12.5. The lowest BCUT2D eigenvalue weighted by Crippen LogP contribution is -2.20. The van der Waals surface area contributed by atoms with Crippen LogP contribution in [-0.2, 0) is 4.79 Å². The van der Waals surface area contributed by atoms with E-state index in [1.54, 1.807) is 0 Å². The maximum atomic E-state index is 11.9. The van der Waals surface area contributed by atoms with Crippen molar-refractivity contribution in [3.8, 4) is 0 Å². The number of hydrogen-bond donors (Lipinski definition) is 0. The zero-order valence-corrected chi connectivity index (χ0v) is 10.5. The van der Waals surface area contributed by atoms with Crippen LogP contribution in [0.2, 0.25) is 0 Å². The Kier molecular flexibility index (Phi) is 4.56. The second-order valence-corrected chi connectivity index (χ2v) is 5.18. The number of carbonyl (C=O) groups excluding carboxylic acids is 1. The zero-order chi connectivity index (χ0) is 11.4. The molecular weight excluding hydrogens is 184 g/mol. The largest absolute Gasteiger partial charge is 0.295 e. The lowest BCUT2D eigenvalue weighted by atomic mass is 9.77. The van der Waals surface area contributed by atoms with E-state index in [9.17, 15) is 4.79 Å². The fourth-order valence-electron chi connectivity index (χ4n) is 2.34. The summed E-state index contributed by atoms with van der Waals surface area (Å²) in [4.78, 5) is 11.9. The highest BCUT2D eigenvalue weighted by Gasteiger charge is 2.24. The van der Waals surface area contributed by atoms with Gasteiger partial charge >= 0.3 is 0 Å². The number of rotatable bonds is 4.